The molecule has 0 saturated heterocycles. The molecule has 4 heteroatoms. The highest BCUT2D eigenvalue weighted by molar-refractivity contribution is 7.98. The first-order valence-electron chi connectivity index (χ1n) is 7.83. The largest absolute Gasteiger partial charge is 0.464 e. The summed E-state index contributed by atoms with van der Waals surface area (Å²) in [4.78, 5) is 2.99. The van der Waals surface area contributed by atoms with E-state index in [0.717, 1.165) is 30.9 Å². The molecule has 114 valence electrons. The Bertz CT molecular complexity index is 564. The number of fused-ring (bicyclic) bond motifs is 1. The van der Waals surface area contributed by atoms with Crippen LogP contribution in [0.25, 0.3) is 0 Å². The van der Waals surface area contributed by atoms with Crippen molar-refractivity contribution in [2.75, 3.05) is 12.3 Å². The van der Waals surface area contributed by atoms with Crippen LogP contribution >= 0.6 is 23.1 Å². The maximum Gasteiger partial charge on any atom is 0.126 e. The maximum absolute atomic E-state index is 6.02. The molecule has 0 fully saturated rings. The van der Waals surface area contributed by atoms with E-state index in [1.54, 1.807) is 4.88 Å². The average Bonchev–Trinajstić information content (AvgIpc) is 3.14. The van der Waals surface area contributed by atoms with Crippen molar-refractivity contribution >= 4 is 23.1 Å². The summed E-state index contributed by atoms with van der Waals surface area (Å²) in [5, 5.41) is 3.66. The van der Waals surface area contributed by atoms with Gasteiger partial charge < -0.3 is 9.73 Å². The second-order valence-electron chi connectivity index (χ2n) is 5.44. The quantitative estimate of drug-likeness (QED) is 0.829. The van der Waals surface area contributed by atoms with Crippen LogP contribution in [0, 0.1) is 0 Å². The minimum absolute atomic E-state index is 0.214. The van der Waals surface area contributed by atoms with Crippen LogP contribution in [0.4, 0.5) is 0 Å². The van der Waals surface area contributed by atoms with Crippen molar-refractivity contribution < 1.29 is 4.42 Å². The minimum Gasteiger partial charge on any atom is -0.464 e. The Morgan fingerprint density at radius 3 is 2.95 bits per heavy atom. The third kappa shape index (κ3) is 3.38. The highest BCUT2D eigenvalue weighted by Gasteiger charge is 2.22. The monoisotopic (exact) mass is 321 g/mol. The number of hydrogen-bond acceptors (Lipinski definition) is 4. The number of aryl methyl sites for hydroxylation is 2. The number of thioether (sulfide) groups is 1. The predicted molar refractivity (Wildman–Crippen MR) is 92.4 cm³/mol. The van der Waals surface area contributed by atoms with Gasteiger partial charge in [0.1, 0.15) is 17.6 Å². The first-order valence-corrected chi connectivity index (χ1v) is 9.80. The van der Waals surface area contributed by atoms with Crippen LogP contribution in [0.5, 0.6) is 0 Å². The Morgan fingerprint density at radius 2 is 2.24 bits per heavy atom. The molecule has 0 aromatic carbocycles. The molecule has 1 unspecified atom stereocenters. The number of rotatable bonds is 6. The van der Waals surface area contributed by atoms with Crippen molar-refractivity contribution in [2.45, 2.75) is 44.9 Å². The molecule has 2 aromatic rings. The van der Waals surface area contributed by atoms with Gasteiger partial charge in [0.05, 0.1) is 0 Å². The van der Waals surface area contributed by atoms with Gasteiger partial charge in [-0.15, -0.1) is 11.3 Å². The first kappa shape index (κ1) is 15.2. The lowest BCUT2D eigenvalue weighted by Crippen LogP contribution is -2.21. The zero-order chi connectivity index (χ0) is 14.7. The van der Waals surface area contributed by atoms with Gasteiger partial charge in [0.2, 0.25) is 0 Å². The molecule has 0 saturated carbocycles. The van der Waals surface area contributed by atoms with Crippen molar-refractivity contribution in [3.8, 4) is 0 Å². The van der Waals surface area contributed by atoms with Crippen LogP contribution < -0.4 is 5.32 Å². The Hall–Kier alpha value is -0.710. The molecule has 0 bridgehead atoms. The van der Waals surface area contributed by atoms with Crippen molar-refractivity contribution in [2.24, 2.45) is 0 Å². The summed E-state index contributed by atoms with van der Waals surface area (Å²) < 4.78 is 6.02. The van der Waals surface area contributed by atoms with Crippen LogP contribution in [0.15, 0.2) is 22.6 Å². The van der Waals surface area contributed by atoms with Gasteiger partial charge in [-0.3, -0.25) is 0 Å². The Kier molecular flexibility index (Phi) is 5.09. The summed E-state index contributed by atoms with van der Waals surface area (Å²) in [5.74, 6) is 4.57. The van der Waals surface area contributed by atoms with Crippen molar-refractivity contribution in [1.82, 2.24) is 5.32 Å². The summed E-state index contributed by atoms with van der Waals surface area (Å²) in [6.45, 7) is 5.36. The third-order valence-electron chi connectivity index (χ3n) is 3.85. The number of hydrogen-bond donors (Lipinski definition) is 1. The molecule has 21 heavy (non-hydrogen) atoms. The second-order valence-corrected chi connectivity index (χ2v) is 7.72. The zero-order valence-electron chi connectivity index (χ0n) is 12.8. The molecular weight excluding hydrogens is 298 g/mol. The van der Waals surface area contributed by atoms with E-state index in [9.17, 15) is 0 Å². The van der Waals surface area contributed by atoms with E-state index in [1.807, 2.05) is 23.1 Å². The lowest BCUT2D eigenvalue weighted by atomic mass is 10.1. The van der Waals surface area contributed by atoms with Crippen molar-refractivity contribution in [1.29, 1.82) is 0 Å². The highest BCUT2D eigenvalue weighted by atomic mass is 32.2. The predicted octanol–water partition coefficient (Wildman–Crippen LogP) is 4.78. The summed E-state index contributed by atoms with van der Waals surface area (Å²) in [5.41, 5.74) is 1.54. The molecule has 0 radical (unpaired) electrons. The number of nitrogens with one attached hydrogen (secondary N) is 1. The number of furan rings is 1. The van der Waals surface area contributed by atoms with Gasteiger partial charge in [0.15, 0.2) is 0 Å². The van der Waals surface area contributed by atoms with E-state index < -0.39 is 0 Å². The van der Waals surface area contributed by atoms with Crippen molar-refractivity contribution in [3.05, 3.63) is 45.0 Å². The van der Waals surface area contributed by atoms with Crippen LogP contribution in [0.1, 0.15) is 53.1 Å². The fraction of sp³-hybridized carbons (Fsp3) is 0.529. The van der Waals surface area contributed by atoms with Gasteiger partial charge in [0.25, 0.3) is 0 Å². The molecule has 2 aromatic heterocycles. The van der Waals surface area contributed by atoms with E-state index in [1.165, 1.54) is 28.4 Å². The van der Waals surface area contributed by atoms with Crippen LogP contribution in [0.3, 0.4) is 0 Å². The molecule has 2 nitrogen and oxygen atoms in total. The van der Waals surface area contributed by atoms with E-state index in [4.69, 9.17) is 4.42 Å². The molecule has 0 spiro atoms. The molecule has 1 atom stereocenters. The van der Waals surface area contributed by atoms with E-state index >= 15 is 0 Å². The fourth-order valence-electron chi connectivity index (χ4n) is 2.68. The standard InChI is InChI=1S/C17H23NOS2/c1-3-8-18-17(14-6-5-13(4-2)19-14)16-10-12-11-20-9-7-15(12)21-16/h5-6,10,17-18H,3-4,7-9,11H2,1-2H3. The van der Waals surface area contributed by atoms with Gasteiger partial charge in [-0.05, 0) is 48.9 Å². The van der Waals surface area contributed by atoms with Crippen LogP contribution in [-0.2, 0) is 18.6 Å². The summed E-state index contributed by atoms with van der Waals surface area (Å²) >= 11 is 4.02. The topological polar surface area (TPSA) is 25.2 Å². The molecule has 1 aliphatic heterocycles. The van der Waals surface area contributed by atoms with Gasteiger partial charge in [0, 0.05) is 21.9 Å². The summed E-state index contributed by atoms with van der Waals surface area (Å²) in [6, 6.07) is 6.86. The Balaban J connectivity index is 1.89. The normalized spacial score (nSPS) is 15.9. The first-order chi connectivity index (χ1) is 10.3. The molecule has 3 heterocycles. The second kappa shape index (κ2) is 7.03. The molecule has 1 aliphatic rings. The minimum atomic E-state index is 0.214. The van der Waals surface area contributed by atoms with Gasteiger partial charge in [-0.1, -0.05) is 13.8 Å². The van der Waals surface area contributed by atoms with E-state index in [2.05, 4.69) is 37.4 Å². The van der Waals surface area contributed by atoms with Crippen LogP contribution in [-0.4, -0.2) is 12.3 Å². The Morgan fingerprint density at radius 1 is 1.33 bits per heavy atom. The summed E-state index contributed by atoms with van der Waals surface area (Å²) in [6.07, 6.45) is 3.32. The van der Waals surface area contributed by atoms with E-state index in [0.29, 0.717) is 0 Å². The molecular formula is C17H23NOS2. The smallest absolute Gasteiger partial charge is 0.126 e. The summed E-state index contributed by atoms with van der Waals surface area (Å²) in [7, 11) is 0. The van der Waals surface area contributed by atoms with E-state index in [-0.39, 0.29) is 6.04 Å². The third-order valence-corrected chi connectivity index (χ3v) is 6.16. The van der Waals surface area contributed by atoms with Gasteiger partial charge >= 0.3 is 0 Å². The maximum atomic E-state index is 6.02. The van der Waals surface area contributed by atoms with Crippen molar-refractivity contribution in [3.63, 3.8) is 0 Å². The SMILES string of the molecule is CCCNC(c1ccc(CC)o1)c1cc2c(s1)CCSC2. The molecule has 3 rings (SSSR count). The highest BCUT2D eigenvalue weighted by Crippen LogP contribution is 2.37. The molecule has 0 aliphatic carbocycles. The lowest BCUT2D eigenvalue weighted by Gasteiger charge is -2.14. The molecule has 0 amide bonds. The molecule has 1 N–H and O–H groups in total. The number of thiophene rings is 1. The van der Waals surface area contributed by atoms with Gasteiger partial charge in [-0.2, -0.15) is 11.8 Å². The Labute approximate surface area is 135 Å². The zero-order valence-corrected chi connectivity index (χ0v) is 14.4. The average molecular weight is 322 g/mol. The lowest BCUT2D eigenvalue weighted by molar-refractivity contribution is 0.424. The van der Waals surface area contributed by atoms with Gasteiger partial charge in [-0.25, -0.2) is 0 Å². The van der Waals surface area contributed by atoms with Crippen LogP contribution in [0.2, 0.25) is 0 Å². The fourth-order valence-corrected chi connectivity index (χ4v) is 5.14.